The van der Waals surface area contributed by atoms with E-state index in [1.54, 1.807) is 12.1 Å². The molecule has 0 bridgehead atoms. The molecule has 2 fully saturated rings. The molecule has 1 aliphatic heterocycles. The lowest BCUT2D eigenvalue weighted by atomic mass is 9.88. The van der Waals surface area contributed by atoms with E-state index in [-0.39, 0.29) is 35.5 Å². The molecule has 1 aliphatic carbocycles. The number of piperidine rings is 1. The minimum atomic E-state index is -0.255. The number of nitrogens with one attached hydrogen (secondary N) is 1. The molecule has 27 heavy (non-hydrogen) atoms. The van der Waals surface area contributed by atoms with E-state index in [2.05, 4.69) is 5.32 Å². The molecule has 1 saturated carbocycles. The van der Waals surface area contributed by atoms with Gasteiger partial charge in [0.25, 0.3) is 0 Å². The van der Waals surface area contributed by atoms with Gasteiger partial charge in [-0.2, -0.15) is 0 Å². The van der Waals surface area contributed by atoms with Crippen molar-refractivity contribution in [1.82, 2.24) is 10.2 Å². The molecule has 1 aromatic rings. The number of halogens is 1. The summed E-state index contributed by atoms with van der Waals surface area (Å²) in [7, 11) is 0. The highest BCUT2D eigenvalue weighted by molar-refractivity contribution is 5.79. The molecule has 148 valence electrons. The molecule has 1 N–H and O–H groups in total. The Balaban J connectivity index is 1.42. The lowest BCUT2D eigenvalue weighted by Gasteiger charge is -2.34. The van der Waals surface area contributed by atoms with Crippen LogP contribution in [0.5, 0.6) is 0 Å². The fourth-order valence-corrected chi connectivity index (χ4v) is 4.26. The van der Waals surface area contributed by atoms with Gasteiger partial charge in [0.15, 0.2) is 0 Å². The number of benzene rings is 1. The summed E-state index contributed by atoms with van der Waals surface area (Å²) < 4.78 is 13.0. The van der Waals surface area contributed by atoms with Gasteiger partial charge in [0, 0.05) is 31.5 Å². The molecule has 0 radical (unpaired) electrons. The second kappa shape index (κ2) is 9.34. The van der Waals surface area contributed by atoms with Gasteiger partial charge in [0.05, 0.1) is 0 Å². The summed E-state index contributed by atoms with van der Waals surface area (Å²) in [6.07, 6.45) is 7.71. The van der Waals surface area contributed by atoms with Crippen molar-refractivity contribution >= 4 is 11.8 Å². The molecule has 0 aromatic heterocycles. The average Bonchev–Trinajstić information content (AvgIpc) is 2.69. The largest absolute Gasteiger partial charge is 0.353 e. The van der Waals surface area contributed by atoms with Crippen LogP contribution in [-0.2, 0) is 9.59 Å². The Labute approximate surface area is 161 Å². The molecular weight excluding hydrogens is 343 g/mol. The molecule has 0 unspecified atom stereocenters. The molecule has 1 heterocycles. The smallest absolute Gasteiger partial charge is 0.223 e. The lowest BCUT2D eigenvalue weighted by Crippen LogP contribution is -2.48. The van der Waals surface area contributed by atoms with Gasteiger partial charge in [-0.1, -0.05) is 38.3 Å². The van der Waals surface area contributed by atoms with Gasteiger partial charge in [-0.15, -0.1) is 0 Å². The van der Waals surface area contributed by atoms with E-state index in [0.717, 1.165) is 44.1 Å². The van der Waals surface area contributed by atoms with E-state index in [1.165, 1.54) is 18.6 Å². The minimum absolute atomic E-state index is 0.0711. The molecule has 4 nitrogen and oxygen atoms in total. The first-order chi connectivity index (χ1) is 13.0. The topological polar surface area (TPSA) is 49.4 Å². The Kier molecular flexibility index (Phi) is 6.86. The first-order valence-corrected chi connectivity index (χ1v) is 10.4. The van der Waals surface area contributed by atoms with Crippen molar-refractivity contribution in [2.24, 2.45) is 5.92 Å². The van der Waals surface area contributed by atoms with Crippen molar-refractivity contribution in [1.29, 1.82) is 0 Å². The zero-order valence-electron chi connectivity index (χ0n) is 16.3. The van der Waals surface area contributed by atoms with Crippen LogP contribution in [0.2, 0.25) is 0 Å². The Hall–Kier alpha value is -1.91. The maximum atomic E-state index is 13.0. The van der Waals surface area contributed by atoms with Crippen LogP contribution in [0.25, 0.3) is 0 Å². The van der Waals surface area contributed by atoms with Crippen molar-refractivity contribution in [2.75, 3.05) is 13.1 Å². The third kappa shape index (κ3) is 5.53. The highest BCUT2D eigenvalue weighted by atomic mass is 19.1. The number of hydrogen-bond acceptors (Lipinski definition) is 2. The Morgan fingerprint density at radius 1 is 1.07 bits per heavy atom. The summed E-state index contributed by atoms with van der Waals surface area (Å²) in [5, 5.41) is 3.21. The molecule has 1 atom stereocenters. The molecule has 3 rings (SSSR count). The summed E-state index contributed by atoms with van der Waals surface area (Å²) in [6.45, 7) is 3.40. The lowest BCUT2D eigenvalue weighted by molar-refractivity contribution is -0.132. The minimum Gasteiger partial charge on any atom is -0.353 e. The SMILES string of the molecule is C[C@@H](CC(=O)N1CCC(NC(=O)C2CCCCC2)CC1)c1ccc(F)cc1. The van der Waals surface area contributed by atoms with Crippen LogP contribution in [0.4, 0.5) is 4.39 Å². The number of nitrogens with zero attached hydrogens (tertiary/aromatic N) is 1. The summed E-state index contributed by atoms with van der Waals surface area (Å²) in [5.74, 6) is 0.361. The first-order valence-electron chi connectivity index (χ1n) is 10.4. The number of rotatable bonds is 5. The second-order valence-corrected chi connectivity index (χ2v) is 8.16. The van der Waals surface area contributed by atoms with Crippen molar-refractivity contribution in [3.63, 3.8) is 0 Å². The van der Waals surface area contributed by atoms with Crippen molar-refractivity contribution < 1.29 is 14.0 Å². The van der Waals surface area contributed by atoms with Gasteiger partial charge in [-0.25, -0.2) is 4.39 Å². The van der Waals surface area contributed by atoms with Crippen LogP contribution < -0.4 is 5.32 Å². The summed E-state index contributed by atoms with van der Waals surface area (Å²) in [5.41, 5.74) is 0.986. The third-order valence-corrected chi connectivity index (χ3v) is 6.09. The number of hydrogen-bond donors (Lipinski definition) is 1. The van der Waals surface area contributed by atoms with Gasteiger partial charge >= 0.3 is 0 Å². The van der Waals surface area contributed by atoms with Crippen molar-refractivity contribution in [3.05, 3.63) is 35.6 Å². The molecular formula is C22H31FN2O2. The van der Waals surface area contributed by atoms with Gasteiger partial charge < -0.3 is 10.2 Å². The average molecular weight is 375 g/mol. The summed E-state index contributed by atoms with van der Waals surface area (Å²) >= 11 is 0. The maximum absolute atomic E-state index is 13.0. The Morgan fingerprint density at radius 3 is 2.33 bits per heavy atom. The van der Waals surface area contributed by atoms with Gasteiger partial charge in [0.2, 0.25) is 11.8 Å². The van der Waals surface area contributed by atoms with Crippen molar-refractivity contribution in [3.8, 4) is 0 Å². The Bertz CT molecular complexity index is 632. The standard InChI is InChI=1S/C22H31FN2O2/c1-16(17-7-9-19(23)10-8-17)15-21(26)25-13-11-20(12-14-25)24-22(27)18-5-3-2-4-6-18/h7-10,16,18,20H,2-6,11-15H2,1H3,(H,24,27)/t16-/m0/s1. The van der Waals surface area contributed by atoms with Crippen molar-refractivity contribution in [2.45, 2.75) is 70.3 Å². The van der Waals surface area contributed by atoms with Gasteiger partial charge in [0.1, 0.15) is 5.82 Å². The molecule has 2 amide bonds. The van der Waals surface area contributed by atoms with Gasteiger partial charge in [-0.3, -0.25) is 9.59 Å². The van der Waals surface area contributed by atoms with Crippen LogP contribution in [-0.4, -0.2) is 35.8 Å². The van der Waals surface area contributed by atoms with E-state index in [9.17, 15) is 14.0 Å². The van der Waals surface area contributed by atoms with Crippen LogP contribution in [0.3, 0.4) is 0 Å². The summed E-state index contributed by atoms with van der Waals surface area (Å²) in [6, 6.07) is 6.58. The van der Waals surface area contributed by atoms with Crippen LogP contribution in [0, 0.1) is 11.7 Å². The van der Waals surface area contributed by atoms with Gasteiger partial charge in [-0.05, 0) is 49.3 Å². The zero-order chi connectivity index (χ0) is 19.2. The van der Waals surface area contributed by atoms with E-state index in [4.69, 9.17) is 0 Å². The van der Waals surface area contributed by atoms with E-state index < -0.39 is 0 Å². The molecule has 2 aliphatic rings. The highest BCUT2D eigenvalue weighted by Gasteiger charge is 2.27. The van der Waals surface area contributed by atoms with E-state index >= 15 is 0 Å². The Morgan fingerprint density at radius 2 is 1.70 bits per heavy atom. The second-order valence-electron chi connectivity index (χ2n) is 8.16. The van der Waals surface area contributed by atoms with Crippen LogP contribution >= 0.6 is 0 Å². The monoisotopic (exact) mass is 374 g/mol. The fourth-order valence-electron chi connectivity index (χ4n) is 4.26. The third-order valence-electron chi connectivity index (χ3n) is 6.09. The number of amides is 2. The maximum Gasteiger partial charge on any atom is 0.223 e. The predicted molar refractivity (Wildman–Crippen MR) is 104 cm³/mol. The van der Waals surface area contributed by atoms with Crippen LogP contribution in [0.1, 0.15) is 69.8 Å². The molecule has 1 aromatic carbocycles. The normalized spacial score (nSPS) is 20.3. The fraction of sp³-hybridized carbons (Fsp3) is 0.636. The molecule has 0 spiro atoms. The highest BCUT2D eigenvalue weighted by Crippen LogP contribution is 2.25. The first kappa shape index (κ1) is 19.8. The molecule has 5 heteroatoms. The predicted octanol–water partition coefficient (Wildman–Crippen LogP) is 4.01. The number of carbonyl (C=O) groups is 2. The van der Waals surface area contributed by atoms with Crippen LogP contribution in [0.15, 0.2) is 24.3 Å². The number of likely N-dealkylation sites (tertiary alicyclic amines) is 1. The van der Waals surface area contributed by atoms with E-state index in [0.29, 0.717) is 19.5 Å². The molecule has 1 saturated heterocycles. The zero-order valence-corrected chi connectivity index (χ0v) is 16.3. The summed E-state index contributed by atoms with van der Waals surface area (Å²) in [4.78, 5) is 26.9. The quantitative estimate of drug-likeness (QED) is 0.847. The number of carbonyl (C=O) groups excluding carboxylic acids is 2. The van der Waals surface area contributed by atoms with E-state index in [1.807, 2.05) is 11.8 Å².